The maximum absolute atomic E-state index is 13.1. The van der Waals surface area contributed by atoms with Crippen LogP contribution in [0.15, 0.2) is 97.2 Å². The molecule has 0 aromatic rings. The standard InChI is InChI=1S/C54H91NO5/c1-4-7-10-13-16-19-22-24-25-26-27-28-29-32-35-38-41-44-47-54(59)60-50(45-42-39-36-33-30-21-18-15-12-9-6-3)48-53(58)55-51(49-56)52(57)46-43-40-37-34-31-23-20-17-14-11-8-5-2/h9,12,15-16,18-19,21-22,24-28,30,33,36,50-52,56-57H,4-8,10-11,13-14,17,20,23,29,31-32,34-35,37-49H2,1-3H3,(H,55,58)/b12-9+,18-15+,19-16+,24-22+,26-25+,28-27+,30-21-,36-33-. The molecule has 0 aliphatic carbocycles. The zero-order valence-electron chi connectivity index (χ0n) is 38.8. The van der Waals surface area contributed by atoms with Gasteiger partial charge in [-0.15, -0.1) is 0 Å². The van der Waals surface area contributed by atoms with E-state index in [-0.39, 0.29) is 24.9 Å². The molecule has 3 atom stereocenters. The zero-order valence-corrected chi connectivity index (χ0v) is 38.8. The highest BCUT2D eigenvalue weighted by atomic mass is 16.5. The van der Waals surface area contributed by atoms with Crippen molar-refractivity contribution in [1.82, 2.24) is 5.32 Å². The minimum absolute atomic E-state index is 0.0163. The van der Waals surface area contributed by atoms with Crippen LogP contribution in [0, 0.1) is 0 Å². The van der Waals surface area contributed by atoms with Crippen LogP contribution in [0.1, 0.15) is 207 Å². The molecule has 3 unspecified atom stereocenters. The number of hydrogen-bond acceptors (Lipinski definition) is 5. The fraction of sp³-hybridized carbons (Fsp3) is 0.667. The largest absolute Gasteiger partial charge is 0.462 e. The molecule has 6 heteroatoms. The Morgan fingerprint density at radius 2 is 0.917 bits per heavy atom. The predicted octanol–water partition coefficient (Wildman–Crippen LogP) is 14.6. The number of hydrogen-bond donors (Lipinski definition) is 3. The molecule has 3 N–H and O–H groups in total. The number of allylic oxidation sites excluding steroid dienone is 16. The van der Waals surface area contributed by atoms with E-state index in [1.807, 2.05) is 36.5 Å². The Labute approximate surface area is 369 Å². The van der Waals surface area contributed by atoms with E-state index in [4.69, 9.17) is 4.74 Å². The van der Waals surface area contributed by atoms with Crippen LogP contribution >= 0.6 is 0 Å². The number of rotatable bonds is 42. The predicted molar refractivity (Wildman–Crippen MR) is 259 cm³/mol. The van der Waals surface area contributed by atoms with Gasteiger partial charge in [-0.1, -0.05) is 227 Å². The number of ether oxygens (including phenoxy) is 1. The van der Waals surface area contributed by atoms with E-state index in [9.17, 15) is 19.8 Å². The normalized spacial score (nSPS) is 14.2. The van der Waals surface area contributed by atoms with Crippen LogP contribution in [0.5, 0.6) is 0 Å². The highest BCUT2D eigenvalue weighted by Gasteiger charge is 2.24. The molecule has 0 aliphatic heterocycles. The molecule has 0 aromatic carbocycles. The van der Waals surface area contributed by atoms with Gasteiger partial charge in [-0.25, -0.2) is 0 Å². The summed E-state index contributed by atoms with van der Waals surface area (Å²) >= 11 is 0. The first-order chi connectivity index (χ1) is 29.5. The summed E-state index contributed by atoms with van der Waals surface area (Å²) in [6, 6.07) is -0.732. The van der Waals surface area contributed by atoms with Gasteiger partial charge >= 0.3 is 5.97 Å². The third-order valence-electron chi connectivity index (χ3n) is 10.6. The topological polar surface area (TPSA) is 95.9 Å². The molecule has 0 fully saturated rings. The average molecular weight is 834 g/mol. The quantitative estimate of drug-likeness (QED) is 0.0323. The van der Waals surface area contributed by atoms with E-state index in [2.05, 4.69) is 86.8 Å². The van der Waals surface area contributed by atoms with Crippen LogP contribution < -0.4 is 5.32 Å². The average Bonchev–Trinajstić information content (AvgIpc) is 3.24. The van der Waals surface area contributed by atoms with Crippen LogP contribution in [0.25, 0.3) is 0 Å². The number of carbonyl (C=O) groups is 2. The molecule has 342 valence electrons. The summed E-state index contributed by atoms with van der Waals surface area (Å²) in [6.45, 7) is 6.26. The number of carbonyl (C=O) groups excluding carboxylic acids is 2. The van der Waals surface area contributed by atoms with Gasteiger partial charge in [0, 0.05) is 6.42 Å². The smallest absolute Gasteiger partial charge is 0.306 e. The second kappa shape index (κ2) is 46.8. The third-order valence-corrected chi connectivity index (χ3v) is 10.6. The molecule has 0 aromatic heterocycles. The van der Waals surface area contributed by atoms with Gasteiger partial charge in [0.05, 0.1) is 25.2 Å². The van der Waals surface area contributed by atoms with Crippen molar-refractivity contribution in [1.29, 1.82) is 0 Å². The van der Waals surface area contributed by atoms with Crippen molar-refractivity contribution in [2.45, 2.75) is 225 Å². The van der Waals surface area contributed by atoms with Crippen LogP contribution in [0.2, 0.25) is 0 Å². The molecule has 6 nitrogen and oxygen atoms in total. The van der Waals surface area contributed by atoms with Gasteiger partial charge in [0.15, 0.2) is 0 Å². The van der Waals surface area contributed by atoms with Gasteiger partial charge in [0.2, 0.25) is 5.91 Å². The van der Waals surface area contributed by atoms with E-state index < -0.39 is 18.2 Å². The van der Waals surface area contributed by atoms with Crippen molar-refractivity contribution in [2.24, 2.45) is 0 Å². The van der Waals surface area contributed by atoms with Gasteiger partial charge in [-0.2, -0.15) is 0 Å². The molecule has 0 saturated carbocycles. The molecule has 0 rings (SSSR count). The fourth-order valence-electron chi connectivity index (χ4n) is 6.87. The van der Waals surface area contributed by atoms with Gasteiger partial charge in [-0.05, 0) is 64.2 Å². The number of unbranched alkanes of at least 4 members (excludes halogenated alkanes) is 20. The molecule has 0 bridgehead atoms. The number of amides is 1. The monoisotopic (exact) mass is 834 g/mol. The van der Waals surface area contributed by atoms with E-state index in [1.54, 1.807) is 0 Å². The molecule has 1 amide bonds. The third kappa shape index (κ3) is 41.5. The summed E-state index contributed by atoms with van der Waals surface area (Å²) < 4.78 is 5.87. The van der Waals surface area contributed by atoms with Crippen LogP contribution in [-0.4, -0.2) is 46.9 Å². The maximum atomic E-state index is 13.1. The lowest BCUT2D eigenvalue weighted by Gasteiger charge is -2.24. The van der Waals surface area contributed by atoms with E-state index in [0.29, 0.717) is 19.3 Å². The second-order valence-corrected chi connectivity index (χ2v) is 16.3. The van der Waals surface area contributed by atoms with Gasteiger partial charge < -0.3 is 20.3 Å². The van der Waals surface area contributed by atoms with Crippen molar-refractivity contribution in [2.75, 3.05) is 6.61 Å². The molecular weight excluding hydrogens is 743 g/mol. The van der Waals surface area contributed by atoms with Crippen LogP contribution in [0.3, 0.4) is 0 Å². The Hall–Kier alpha value is -3.22. The minimum Gasteiger partial charge on any atom is -0.462 e. The molecule has 0 spiro atoms. The maximum Gasteiger partial charge on any atom is 0.306 e. The lowest BCUT2D eigenvalue weighted by molar-refractivity contribution is -0.151. The molecule has 0 saturated heterocycles. The van der Waals surface area contributed by atoms with Gasteiger partial charge in [0.25, 0.3) is 0 Å². The molecule has 0 aliphatic rings. The van der Waals surface area contributed by atoms with E-state index >= 15 is 0 Å². The number of aliphatic hydroxyl groups excluding tert-OH is 2. The van der Waals surface area contributed by atoms with Gasteiger partial charge in [0.1, 0.15) is 6.10 Å². The summed E-state index contributed by atoms with van der Waals surface area (Å²) in [4.78, 5) is 26.0. The van der Waals surface area contributed by atoms with Crippen molar-refractivity contribution >= 4 is 11.9 Å². The number of aliphatic hydroxyl groups is 2. The van der Waals surface area contributed by atoms with Crippen LogP contribution in [0.4, 0.5) is 0 Å². The first-order valence-electron chi connectivity index (χ1n) is 24.6. The van der Waals surface area contributed by atoms with Crippen molar-refractivity contribution in [3.8, 4) is 0 Å². The Morgan fingerprint density at radius 1 is 0.500 bits per heavy atom. The lowest BCUT2D eigenvalue weighted by atomic mass is 10.0. The zero-order chi connectivity index (χ0) is 43.8. The minimum atomic E-state index is -0.813. The second-order valence-electron chi connectivity index (χ2n) is 16.3. The van der Waals surface area contributed by atoms with E-state index in [0.717, 1.165) is 83.5 Å². The van der Waals surface area contributed by atoms with Crippen molar-refractivity contribution in [3.63, 3.8) is 0 Å². The van der Waals surface area contributed by atoms with Gasteiger partial charge in [-0.3, -0.25) is 9.59 Å². The van der Waals surface area contributed by atoms with Crippen molar-refractivity contribution in [3.05, 3.63) is 97.2 Å². The summed E-state index contributed by atoms with van der Waals surface area (Å²) in [5.41, 5.74) is 0. The Morgan fingerprint density at radius 3 is 1.43 bits per heavy atom. The Kier molecular flexibility index (Phi) is 44.3. The Bertz CT molecular complexity index is 1210. The molecule has 60 heavy (non-hydrogen) atoms. The van der Waals surface area contributed by atoms with Crippen LogP contribution in [-0.2, 0) is 14.3 Å². The number of nitrogens with one attached hydrogen (secondary N) is 1. The first-order valence-corrected chi connectivity index (χ1v) is 24.6. The highest BCUT2D eigenvalue weighted by Crippen LogP contribution is 2.16. The first kappa shape index (κ1) is 56.8. The molecule has 0 heterocycles. The Balaban J connectivity index is 4.68. The molecular formula is C54H91NO5. The fourth-order valence-corrected chi connectivity index (χ4v) is 6.87. The summed E-state index contributed by atoms with van der Waals surface area (Å²) in [5.74, 6) is -0.578. The number of esters is 1. The highest BCUT2D eigenvalue weighted by molar-refractivity contribution is 5.77. The van der Waals surface area contributed by atoms with E-state index in [1.165, 1.54) is 77.0 Å². The molecule has 0 radical (unpaired) electrons. The van der Waals surface area contributed by atoms with Crippen molar-refractivity contribution < 1.29 is 24.5 Å². The lowest BCUT2D eigenvalue weighted by Crippen LogP contribution is -2.46. The summed E-state index contributed by atoms with van der Waals surface area (Å²) in [7, 11) is 0. The SMILES string of the molecule is CC/C=C/C=C/C=C\C=C/CCCC(CC(=O)NC(CO)C(O)CCCCCCCCCCCCCC)OC(=O)CCCCCCC/C=C/C=C/C=C/C=C/CCCCC. The summed E-state index contributed by atoms with van der Waals surface area (Å²) in [5, 5.41) is 23.7. The summed E-state index contributed by atoms with van der Waals surface area (Å²) in [6.07, 6.45) is 61.8.